The highest BCUT2D eigenvalue weighted by Gasteiger charge is 1.96. The molecule has 0 spiro atoms. The van der Waals surface area contributed by atoms with Crippen molar-refractivity contribution in [1.82, 2.24) is 0 Å². The summed E-state index contributed by atoms with van der Waals surface area (Å²) in [7, 11) is 0. The highest BCUT2D eigenvalue weighted by Crippen LogP contribution is 2.04. The van der Waals surface area contributed by atoms with Crippen LogP contribution in [0.4, 0.5) is 0 Å². The molecule has 0 aromatic carbocycles. The van der Waals surface area contributed by atoms with Crippen LogP contribution in [0.5, 0.6) is 0 Å². The summed E-state index contributed by atoms with van der Waals surface area (Å²) in [5.74, 6) is 0. The van der Waals surface area contributed by atoms with E-state index in [2.05, 4.69) is 0 Å². The summed E-state index contributed by atoms with van der Waals surface area (Å²) >= 11 is 0. The van der Waals surface area contributed by atoms with Crippen molar-refractivity contribution in [3.8, 4) is 0 Å². The first kappa shape index (κ1) is 11.4. The number of rotatable bonds is 8. The van der Waals surface area contributed by atoms with Crippen molar-refractivity contribution < 1.29 is 10.0 Å². The van der Waals surface area contributed by atoms with Crippen LogP contribution < -0.4 is 0 Å². The lowest BCUT2D eigenvalue weighted by Gasteiger charge is -1.97. The molecule has 0 saturated carbocycles. The normalized spacial score (nSPS) is 10.1. The third kappa shape index (κ3) is 9.36. The van der Waals surface area contributed by atoms with Gasteiger partial charge in [0, 0.05) is 18.0 Å². The molecule has 4 heteroatoms. The van der Waals surface area contributed by atoms with Crippen LogP contribution >= 0.6 is 0 Å². The summed E-state index contributed by atoms with van der Waals surface area (Å²) in [5, 5.41) is 18.4. The van der Waals surface area contributed by atoms with Gasteiger partial charge in [-0.1, -0.05) is 19.3 Å². The van der Waals surface area contributed by atoms with Crippen molar-refractivity contribution in [2.75, 3.05) is 13.2 Å². The maximum absolute atomic E-state index is 9.91. The number of nitrogens with zero attached hydrogens (tertiary/aromatic N) is 1. The second-order valence-electron chi connectivity index (χ2n) is 2.90. The largest absolute Gasteiger partial charge is 0.396 e. The molecule has 0 fully saturated rings. The zero-order valence-corrected chi connectivity index (χ0v) is 7.37. The monoisotopic (exact) mass is 175 g/mol. The van der Waals surface area contributed by atoms with Gasteiger partial charge in [-0.3, -0.25) is 10.1 Å². The molecule has 0 saturated heterocycles. The van der Waals surface area contributed by atoms with Gasteiger partial charge in [-0.25, -0.2) is 0 Å². The molecule has 12 heavy (non-hydrogen) atoms. The fourth-order valence-electron chi connectivity index (χ4n) is 1.06. The molecule has 0 radical (unpaired) electrons. The molecule has 72 valence electrons. The number of hydrogen-bond acceptors (Lipinski definition) is 3. The number of unbranched alkanes of at least 4 members (excludes halogenated alkanes) is 5. The summed E-state index contributed by atoms with van der Waals surface area (Å²) in [4.78, 5) is 9.64. The van der Waals surface area contributed by atoms with Crippen LogP contribution in [0.15, 0.2) is 0 Å². The van der Waals surface area contributed by atoms with Crippen LogP contribution in [0.3, 0.4) is 0 Å². The van der Waals surface area contributed by atoms with Crippen LogP contribution in [0.2, 0.25) is 0 Å². The number of aliphatic hydroxyl groups is 1. The lowest BCUT2D eigenvalue weighted by Crippen LogP contribution is -1.99. The molecule has 0 aliphatic rings. The molecule has 0 aliphatic heterocycles. The van der Waals surface area contributed by atoms with Gasteiger partial charge < -0.3 is 5.11 Å². The van der Waals surface area contributed by atoms with Crippen molar-refractivity contribution >= 4 is 0 Å². The SMILES string of the molecule is O=[N+]([O-])CCCCCCCCO. The summed E-state index contributed by atoms with van der Waals surface area (Å²) < 4.78 is 0. The van der Waals surface area contributed by atoms with Gasteiger partial charge in [0.25, 0.3) is 0 Å². The van der Waals surface area contributed by atoms with Gasteiger partial charge in [-0.2, -0.15) is 0 Å². The van der Waals surface area contributed by atoms with Crippen molar-refractivity contribution in [2.24, 2.45) is 0 Å². The van der Waals surface area contributed by atoms with E-state index in [1.165, 1.54) is 0 Å². The quantitative estimate of drug-likeness (QED) is 0.346. The molecule has 0 unspecified atom stereocenters. The second kappa shape index (κ2) is 8.46. The summed E-state index contributed by atoms with van der Waals surface area (Å²) in [5.41, 5.74) is 0. The Morgan fingerprint density at radius 1 is 1.00 bits per heavy atom. The lowest BCUT2D eigenvalue weighted by molar-refractivity contribution is -0.480. The zero-order valence-electron chi connectivity index (χ0n) is 7.37. The van der Waals surface area contributed by atoms with Crippen LogP contribution in [0, 0.1) is 10.1 Å². The van der Waals surface area contributed by atoms with E-state index in [0.717, 1.165) is 32.1 Å². The van der Waals surface area contributed by atoms with Crippen LogP contribution in [0.1, 0.15) is 38.5 Å². The van der Waals surface area contributed by atoms with E-state index < -0.39 is 0 Å². The van der Waals surface area contributed by atoms with Gasteiger partial charge in [0.15, 0.2) is 0 Å². The average Bonchev–Trinajstić information content (AvgIpc) is 2.02. The molecule has 0 aromatic rings. The van der Waals surface area contributed by atoms with E-state index in [-0.39, 0.29) is 18.1 Å². The molecule has 0 aliphatic carbocycles. The third-order valence-electron chi connectivity index (χ3n) is 1.75. The smallest absolute Gasteiger partial charge is 0.203 e. The summed E-state index contributed by atoms with van der Waals surface area (Å²) in [6, 6.07) is 0. The molecule has 0 aromatic heterocycles. The van der Waals surface area contributed by atoms with E-state index in [0.29, 0.717) is 6.42 Å². The minimum absolute atomic E-state index is 0.0972. The van der Waals surface area contributed by atoms with Gasteiger partial charge in [0.05, 0.1) is 0 Å². The van der Waals surface area contributed by atoms with Gasteiger partial charge in [0.2, 0.25) is 6.54 Å². The molecule has 0 amide bonds. The maximum atomic E-state index is 9.91. The van der Waals surface area contributed by atoms with E-state index >= 15 is 0 Å². The van der Waals surface area contributed by atoms with Gasteiger partial charge in [-0.15, -0.1) is 0 Å². The number of aliphatic hydroxyl groups excluding tert-OH is 1. The minimum atomic E-state index is -0.270. The predicted molar refractivity (Wildman–Crippen MR) is 46.6 cm³/mol. The molecule has 0 atom stereocenters. The molecular formula is C8H17NO3. The Morgan fingerprint density at radius 3 is 2.00 bits per heavy atom. The van der Waals surface area contributed by atoms with Crippen LogP contribution in [-0.2, 0) is 0 Å². The van der Waals surface area contributed by atoms with Crippen molar-refractivity contribution in [2.45, 2.75) is 38.5 Å². The van der Waals surface area contributed by atoms with E-state index in [1.54, 1.807) is 0 Å². The molecule has 0 bridgehead atoms. The fourth-order valence-corrected chi connectivity index (χ4v) is 1.06. The first-order valence-electron chi connectivity index (χ1n) is 4.50. The summed E-state index contributed by atoms with van der Waals surface area (Å²) in [6.07, 6.45) is 5.65. The third-order valence-corrected chi connectivity index (χ3v) is 1.75. The second-order valence-corrected chi connectivity index (χ2v) is 2.90. The van der Waals surface area contributed by atoms with E-state index in [1.807, 2.05) is 0 Å². The highest BCUT2D eigenvalue weighted by molar-refractivity contribution is 4.43. The topological polar surface area (TPSA) is 63.4 Å². The first-order chi connectivity index (χ1) is 5.77. The Morgan fingerprint density at radius 2 is 1.50 bits per heavy atom. The fraction of sp³-hybridized carbons (Fsp3) is 1.00. The minimum Gasteiger partial charge on any atom is -0.396 e. The molecule has 0 heterocycles. The standard InChI is InChI=1S/C8H17NO3/c10-8-6-4-2-1-3-5-7-9(11)12/h10H,1-8H2. The Balaban J connectivity index is 2.86. The van der Waals surface area contributed by atoms with Crippen molar-refractivity contribution in [1.29, 1.82) is 0 Å². The Kier molecular flexibility index (Phi) is 8.01. The maximum Gasteiger partial charge on any atom is 0.203 e. The predicted octanol–water partition coefficient (Wildman–Crippen LogP) is 1.60. The lowest BCUT2D eigenvalue weighted by atomic mass is 10.1. The molecule has 1 N–H and O–H groups in total. The first-order valence-corrected chi connectivity index (χ1v) is 4.50. The Hall–Kier alpha value is -0.640. The summed E-state index contributed by atoms with van der Waals surface area (Å²) in [6.45, 7) is 0.356. The Bertz CT molecular complexity index is 117. The van der Waals surface area contributed by atoms with Crippen molar-refractivity contribution in [3.05, 3.63) is 10.1 Å². The van der Waals surface area contributed by atoms with Crippen LogP contribution in [0.25, 0.3) is 0 Å². The number of nitro groups is 1. The van der Waals surface area contributed by atoms with E-state index in [9.17, 15) is 10.1 Å². The number of hydrogen-bond donors (Lipinski definition) is 1. The zero-order chi connectivity index (χ0) is 9.23. The Labute approximate surface area is 72.7 Å². The van der Waals surface area contributed by atoms with Crippen LogP contribution in [-0.4, -0.2) is 23.2 Å². The average molecular weight is 175 g/mol. The molecule has 4 nitrogen and oxygen atoms in total. The van der Waals surface area contributed by atoms with Gasteiger partial charge in [0.1, 0.15) is 0 Å². The van der Waals surface area contributed by atoms with Crippen molar-refractivity contribution in [3.63, 3.8) is 0 Å². The molecular weight excluding hydrogens is 158 g/mol. The van der Waals surface area contributed by atoms with E-state index in [4.69, 9.17) is 5.11 Å². The molecule has 0 rings (SSSR count). The highest BCUT2D eigenvalue weighted by atomic mass is 16.6. The van der Waals surface area contributed by atoms with Gasteiger partial charge in [-0.05, 0) is 12.8 Å². The van der Waals surface area contributed by atoms with Gasteiger partial charge >= 0.3 is 0 Å².